The molecule has 4 atom stereocenters. The van der Waals surface area contributed by atoms with Crippen LogP contribution < -0.4 is 11.1 Å². The van der Waals surface area contributed by atoms with Gasteiger partial charge >= 0.3 is 0 Å². The van der Waals surface area contributed by atoms with E-state index in [2.05, 4.69) is 11.9 Å². The molecule has 0 spiro atoms. The zero-order chi connectivity index (χ0) is 14.6. The Bertz CT molecular complexity index is 366. The zero-order valence-electron chi connectivity index (χ0n) is 12.0. The quantitative estimate of drug-likeness (QED) is 0.580. The Morgan fingerprint density at radius 3 is 3.10 bits per heavy atom. The van der Waals surface area contributed by atoms with Crippen molar-refractivity contribution in [1.29, 1.82) is 0 Å². The molecule has 2 saturated heterocycles. The van der Waals surface area contributed by atoms with Crippen molar-refractivity contribution < 1.29 is 14.3 Å². The summed E-state index contributed by atoms with van der Waals surface area (Å²) in [5, 5.41) is 2.91. The molecule has 0 aromatic rings. The maximum Gasteiger partial charge on any atom is 0.279 e. The van der Waals surface area contributed by atoms with E-state index >= 15 is 0 Å². The largest absolute Gasteiger partial charge is 0.351 e. The molecule has 3 N–H and O–H groups in total. The average Bonchev–Trinajstić information content (AvgIpc) is 2.85. The summed E-state index contributed by atoms with van der Waals surface area (Å²) in [7, 11) is 1.63. The summed E-state index contributed by atoms with van der Waals surface area (Å²) >= 11 is 1.27. The molecule has 2 fully saturated rings. The number of hydrogen-bond donors (Lipinski definition) is 2. The van der Waals surface area contributed by atoms with Crippen molar-refractivity contribution in [2.75, 3.05) is 12.9 Å². The number of nitrogens with one attached hydrogen (secondary N) is 1. The lowest BCUT2D eigenvalue weighted by Crippen LogP contribution is -2.60. The number of methoxy groups -OCH3 is 1. The maximum atomic E-state index is 11.4. The van der Waals surface area contributed by atoms with Crippen LogP contribution in [0.5, 0.6) is 0 Å². The smallest absolute Gasteiger partial charge is 0.279 e. The Morgan fingerprint density at radius 2 is 2.50 bits per heavy atom. The van der Waals surface area contributed by atoms with Gasteiger partial charge < -0.3 is 20.5 Å². The second kappa shape index (κ2) is 6.93. The molecular weight excluding hydrogens is 276 g/mol. The van der Waals surface area contributed by atoms with E-state index in [0.29, 0.717) is 12.2 Å². The van der Waals surface area contributed by atoms with E-state index in [1.807, 2.05) is 6.08 Å². The van der Waals surface area contributed by atoms with Crippen LogP contribution in [0.15, 0.2) is 12.7 Å². The van der Waals surface area contributed by atoms with Crippen molar-refractivity contribution >= 4 is 17.0 Å². The molecule has 0 aromatic carbocycles. The second-order valence-electron chi connectivity index (χ2n) is 5.47. The molecule has 114 valence electrons. The van der Waals surface area contributed by atoms with E-state index < -0.39 is 5.79 Å². The van der Waals surface area contributed by atoms with E-state index in [0.717, 1.165) is 25.7 Å². The number of allylic oxidation sites excluding steroid dienone is 1. The molecule has 0 aliphatic carbocycles. The fourth-order valence-electron chi connectivity index (χ4n) is 2.95. The third-order valence-corrected chi connectivity index (χ3v) is 4.84. The lowest BCUT2D eigenvalue weighted by atomic mass is 9.90. The van der Waals surface area contributed by atoms with Gasteiger partial charge in [0.15, 0.2) is 5.79 Å². The summed E-state index contributed by atoms with van der Waals surface area (Å²) in [6, 6.07) is -0.0850. The zero-order valence-corrected chi connectivity index (χ0v) is 12.8. The van der Waals surface area contributed by atoms with Crippen LogP contribution in [0.25, 0.3) is 0 Å². The van der Waals surface area contributed by atoms with Crippen LogP contribution in [0.1, 0.15) is 32.1 Å². The number of unbranched alkanes of at least 4 members (excludes halogenated alkanes) is 1. The minimum Gasteiger partial charge on any atom is -0.351 e. The first-order valence-corrected chi connectivity index (χ1v) is 8.11. The van der Waals surface area contributed by atoms with Gasteiger partial charge in [-0.25, -0.2) is 0 Å². The molecule has 5 nitrogen and oxygen atoms in total. The van der Waals surface area contributed by atoms with E-state index in [1.165, 1.54) is 11.8 Å². The van der Waals surface area contributed by atoms with Gasteiger partial charge in [-0.1, -0.05) is 17.8 Å². The van der Waals surface area contributed by atoms with Crippen LogP contribution >= 0.6 is 11.8 Å². The Labute approximate surface area is 124 Å². The van der Waals surface area contributed by atoms with Gasteiger partial charge in [0.05, 0.1) is 12.1 Å². The first kappa shape index (κ1) is 15.8. The average molecular weight is 300 g/mol. The minimum atomic E-state index is -0.782. The van der Waals surface area contributed by atoms with Crippen LogP contribution in [-0.2, 0) is 9.47 Å². The Morgan fingerprint density at radius 1 is 1.70 bits per heavy atom. The standard InChI is InChI=1S/C14H24N2O3S/c1-3-4-5-6-11-7-10(15)8-14(18-2,19-11)12-9-20-13(17)16-12/h3,10-12H,1,4-9,15H2,2H3,(H,16,17)/t10?,11-,12?,14?/m1/s1. The topological polar surface area (TPSA) is 73.6 Å². The van der Waals surface area contributed by atoms with Crippen molar-refractivity contribution in [3.8, 4) is 0 Å². The highest BCUT2D eigenvalue weighted by Gasteiger charge is 2.49. The van der Waals surface area contributed by atoms with Gasteiger partial charge in [-0.05, 0) is 25.7 Å². The van der Waals surface area contributed by atoms with Gasteiger partial charge in [-0.15, -0.1) is 6.58 Å². The summed E-state index contributed by atoms with van der Waals surface area (Å²) in [5.41, 5.74) is 6.18. The fraction of sp³-hybridized carbons (Fsp3) is 0.786. The SMILES string of the molecule is C=CCCC[C@@H]1CC(N)CC(OC)(C2CSC(=O)N2)O1. The predicted octanol–water partition coefficient (Wildman–Crippen LogP) is 2.02. The molecule has 20 heavy (non-hydrogen) atoms. The van der Waals surface area contributed by atoms with Gasteiger partial charge in [0.1, 0.15) is 0 Å². The normalized spacial score (nSPS) is 37.7. The maximum absolute atomic E-state index is 11.4. The molecule has 0 saturated carbocycles. The third-order valence-electron chi connectivity index (χ3n) is 3.96. The van der Waals surface area contributed by atoms with E-state index in [4.69, 9.17) is 15.2 Å². The second-order valence-corrected chi connectivity index (χ2v) is 6.46. The first-order valence-electron chi connectivity index (χ1n) is 7.12. The van der Waals surface area contributed by atoms with Crippen LogP contribution in [0.4, 0.5) is 4.79 Å². The van der Waals surface area contributed by atoms with E-state index in [9.17, 15) is 4.79 Å². The molecule has 3 unspecified atom stereocenters. The van der Waals surface area contributed by atoms with Crippen LogP contribution in [0, 0.1) is 0 Å². The van der Waals surface area contributed by atoms with Crippen molar-refractivity contribution in [1.82, 2.24) is 5.32 Å². The summed E-state index contributed by atoms with van der Waals surface area (Å²) in [6.07, 6.45) is 6.42. The summed E-state index contributed by atoms with van der Waals surface area (Å²) in [5.74, 6) is -0.117. The van der Waals surface area contributed by atoms with Crippen molar-refractivity contribution in [3.63, 3.8) is 0 Å². The highest BCUT2D eigenvalue weighted by atomic mass is 32.2. The monoisotopic (exact) mass is 300 g/mol. The number of nitrogens with two attached hydrogens (primary N) is 1. The number of ether oxygens (including phenoxy) is 2. The summed E-state index contributed by atoms with van der Waals surface area (Å²) in [4.78, 5) is 11.4. The Hall–Kier alpha value is -0.560. The fourth-order valence-corrected chi connectivity index (χ4v) is 3.83. The number of hydrogen-bond acceptors (Lipinski definition) is 5. The van der Waals surface area contributed by atoms with Crippen molar-refractivity contribution in [3.05, 3.63) is 12.7 Å². The van der Waals surface area contributed by atoms with Crippen LogP contribution in [-0.4, -0.2) is 42.1 Å². The molecule has 2 aliphatic heterocycles. The molecular formula is C14H24N2O3S. The van der Waals surface area contributed by atoms with Gasteiger partial charge in [0.25, 0.3) is 5.24 Å². The predicted molar refractivity (Wildman–Crippen MR) is 80.6 cm³/mol. The number of rotatable bonds is 6. The molecule has 0 radical (unpaired) electrons. The number of amides is 1. The lowest BCUT2D eigenvalue weighted by molar-refractivity contribution is -0.282. The van der Waals surface area contributed by atoms with E-state index in [1.54, 1.807) is 7.11 Å². The number of carbonyl (C=O) groups is 1. The van der Waals surface area contributed by atoms with Gasteiger partial charge in [0, 0.05) is 25.3 Å². The molecule has 1 amide bonds. The number of carbonyl (C=O) groups excluding carboxylic acids is 1. The van der Waals surface area contributed by atoms with Crippen LogP contribution in [0.3, 0.4) is 0 Å². The minimum absolute atomic E-state index is 0.0163. The molecule has 2 aliphatic rings. The molecule has 0 aromatic heterocycles. The summed E-state index contributed by atoms with van der Waals surface area (Å²) in [6.45, 7) is 3.73. The van der Waals surface area contributed by atoms with Crippen LogP contribution in [0.2, 0.25) is 0 Å². The highest BCUT2D eigenvalue weighted by molar-refractivity contribution is 8.14. The van der Waals surface area contributed by atoms with Gasteiger partial charge in [-0.3, -0.25) is 4.79 Å². The van der Waals surface area contributed by atoms with Gasteiger partial charge in [0.2, 0.25) is 0 Å². The Balaban J connectivity index is 2.03. The summed E-state index contributed by atoms with van der Waals surface area (Å²) < 4.78 is 11.9. The molecule has 2 heterocycles. The van der Waals surface area contributed by atoms with Crippen molar-refractivity contribution in [2.45, 2.75) is 56.1 Å². The number of thioether (sulfide) groups is 1. The Kier molecular flexibility index (Phi) is 5.49. The highest BCUT2D eigenvalue weighted by Crippen LogP contribution is 2.37. The molecule has 0 bridgehead atoms. The third kappa shape index (κ3) is 3.55. The van der Waals surface area contributed by atoms with E-state index in [-0.39, 0.29) is 23.4 Å². The van der Waals surface area contributed by atoms with Gasteiger partial charge in [-0.2, -0.15) is 0 Å². The molecule has 2 rings (SSSR count). The van der Waals surface area contributed by atoms with Crippen molar-refractivity contribution in [2.24, 2.45) is 5.73 Å². The first-order chi connectivity index (χ1) is 9.59. The molecule has 6 heteroatoms. The lowest BCUT2D eigenvalue weighted by Gasteiger charge is -2.45.